The van der Waals surface area contributed by atoms with Crippen LogP contribution < -0.4 is 9.88 Å². The van der Waals surface area contributed by atoms with E-state index < -0.39 is 0 Å². The molecular formula is C22H27N4O2+. The van der Waals surface area contributed by atoms with Crippen molar-refractivity contribution >= 4 is 11.7 Å². The van der Waals surface area contributed by atoms with Crippen molar-refractivity contribution in [2.45, 2.75) is 45.4 Å². The van der Waals surface area contributed by atoms with Crippen LogP contribution in [0.1, 0.15) is 49.3 Å². The molecule has 3 heterocycles. The molecule has 1 saturated heterocycles. The Bertz CT molecular complexity index is 890. The summed E-state index contributed by atoms with van der Waals surface area (Å²) >= 11 is 0. The SMILES string of the molecule is CCCC(=O)N1CCN(c2[nH+]c(-c3ccco3)c3c(c2C#N)CCCC3)CC1. The van der Waals surface area contributed by atoms with E-state index in [-0.39, 0.29) is 5.91 Å². The van der Waals surface area contributed by atoms with Crippen molar-refractivity contribution in [3.8, 4) is 17.5 Å². The number of pyridine rings is 1. The zero-order chi connectivity index (χ0) is 19.5. The molecule has 2 aromatic heterocycles. The number of aromatic nitrogens is 1. The Morgan fingerprint density at radius 2 is 1.96 bits per heavy atom. The average Bonchev–Trinajstić information content (AvgIpc) is 3.27. The monoisotopic (exact) mass is 379 g/mol. The zero-order valence-corrected chi connectivity index (χ0v) is 16.5. The number of nitrogens with one attached hydrogen (secondary N) is 1. The van der Waals surface area contributed by atoms with Crippen LogP contribution >= 0.6 is 0 Å². The molecule has 2 aromatic rings. The van der Waals surface area contributed by atoms with Gasteiger partial charge in [0.15, 0.2) is 11.5 Å². The number of nitrogens with zero attached hydrogens (tertiary/aromatic N) is 3. The van der Waals surface area contributed by atoms with Gasteiger partial charge in [-0.05, 0) is 49.8 Å². The van der Waals surface area contributed by atoms with Gasteiger partial charge in [-0.15, -0.1) is 0 Å². The summed E-state index contributed by atoms with van der Waals surface area (Å²) in [4.78, 5) is 19.9. The lowest BCUT2D eigenvalue weighted by Crippen LogP contribution is -2.50. The van der Waals surface area contributed by atoms with E-state index in [0.717, 1.165) is 68.0 Å². The van der Waals surface area contributed by atoms with E-state index in [1.165, 1.54) is 11.1 Å². The lowest BCUT2D eigenvalue weighted by atomic mass is 9.87. The summed E-state index contributed by atoms with van der Waals surface area (Å²) in [5, 5.41) is 9.95. The second-order valence-corrected chi connectivity index (χ2v) is 7.59. The Balaban J connectivity index is 1.69. The standard InChI is InChI=1S/C22H26N4O2/c1-2-6-20(27)25-10-12-26(13-11-25)22-18(15-23)16-7-3-4-8-17(16)21(24-22)19-9-5-14-28-19/h5,9,14H,2-4,6-8,10-13H2,1H3/p+1. The van der Waals surface area contributed by atoms with Crippen molar-refractivity contribution in [1.82, 2.24) is 4.90 Å². The highest BCUT2D eigenvalue weighted by Gasteiger charge is 2.33. The summed E-state index contributed by atoms with van der Waals surface area (Å²) in [6.07, 6.45) is 7.33. The number of amides is 1. The maximum atomic E-state index is 12.2. The normalized spacial score (nSPS) is 16.6. The molecule has 6 nitrogen and oxygen atoms in total. The highest BCUT2D eigenvalue weighted by atomic mass is 16.3. The minimum Gasteiger partial charge on any atom is -0.461 e. The number of piperazine rings is 1. The number of nitriles is 1. The Kier molecular flexibility index (Phi) is 5.34. The predicted molar refractivity (Wildman–Crippen MR) is 106 cm³/mol. The molecule has 1 aliphatic heterocycles. The first-order chi connectivity index (χ1) is 13.7. The third-order valence-corrected chi connectivity index (χ3v) is 5.84. The van der Waals surface area contributed by atoms with Crippen molar-refractivity contribution in [1.29, 1.82) is 5.26 Å². The fraction of sp³-hybridized carbons (Fsp3) is 0.500. The molecule has 2 aliphatic rings. The van der Waals surface area contributed by atoms with Gasteiger partial charge in [-0.25, -0.2) is 4.98 Å². The fourth-order valence-electron chi connectivity index (χ4n) is 4.40. The second-order valence-electron chi connectivity index (χ2n) is 7.59. The summed E-state index contributed by atoms with van der Waals surface area (Å²) in [6, 6.07) is 6.33. The molecule has 0 atom stereocenters. The predicted octanol–water partition coefficient (Wildman–Crippen LogP) is 2.96. The van der Waals surface area contributed by atoms with Crippen LogP contribution in [0.3, 0.4) is 0 Å². The smallest absolute Gasteiger partial charge is 0.293 e. The average molecular weight is 379 g/mol. The Morgan fingerprint density at radius 1 is 1.21 bits per heavy atom. The van der Waals surface area contributed by atoms with Crippen LogP contribution in [-0.4, -0.2) is 37.0 Å². The van der Waals surface area contributed by atoms with Gasteiger partial charge in [-0.2, -0.15) is 5.26 Å². The van der Waals surface area contributed by atoms with E-state index in [2.05, 4.69) is 16.0 Å². The van der Waals surface area contributed by atoms with E-state index in [1.807, 2.05) is 24.0 Å². The van der Waals surface area contributed by atoms with Crippen LogP contribution in [0, 0.1) is 11.3 Å². The van der Waals surface area contributed by atoms with E-state index in [9.17, 15) is 10.1 Å². The van der Waals surface area contributed by atoms with Gasteiger partial charge in [0.1, 0.15) is 24.7 Å². The number of fused-ring (bicyclic) bond motifs is 1. The van der Waals surface area contributed by atoms with Gasteiger partial charge >= 0.3 is 0 Å². The molecule has 1 N–H and O–H groups in total. The molecule has 4 rings (SSSR count). The minimum atomic E-state index is 0.230. The molecule has 1 amide bonds. The van der Waals surface area contributed by atoms with Crippen molar-refractivity contribution in [2.75, 3.05) is 31.1 Å². The van der Waals surface area contributed by atoms with E-state index in [0.29, 0.717) is 19.5 Å². The van der Waals surface area contributed by atoms with E-state index in [1.54, 1.807) is 6.26 Å². The summed E-state index contributed by atoms with van der Waals surface area (Å²) in [7, 11) is 0. The van der Waals surface area contributed by atoms with Crippen molar-refractivity contribution in [3.05, 3.63) is 35.1 Å². The van der Waals surface area contributed by atoms with Crippen LogP contribution in [0.25, 0.3) is 11.5 Å². The first-order valence-electron chi connectivity index (χ1n) is 10.3. The summed E-state index contributed by atoms with van der Waals surface area (Å²) < 4.78 is 5.69. The third-order valence-electron chi connectivity index (χ3n) is 5.84. The maximum absolute atomic E-state index is 12.2. The lowest BCUT2D eigenvalue weighted by molar-refractivity contribution is -0.353. The Hall–Kier alpha value is -2.81. The van der Waals surface area contributed by atoms with Gasteiger partial charge in [0.2, 0.25) is 5.91 Å². The van der Waals surface area contributed by atoms with Crippen LogP contribution in [-0.2, 0) is 17.6 Å². The molecular weight excluding hydrogens is 352 g/mol. The topological polar surface area (TPSA) is 74.6 Å². The second kappa shape index (κ2) is 8.05. The molecule has 28 heavy (non-hydrogen) atoms. The largest absolute Gasteiger partial charge is 0.461 e. The molecule has 1 aliphatic carbocycles. The minimum absolute atomic E-state index is 0.230. The number of H-pyrrole nitrogens is 1. The number of anilines is 1. The molecule has 6 heteroatoms. The number of carbonyl (C=O) groups excluding carboxylic acids is 1. The van der Waals surface area contributed by atoms with E-state index >= 15 is 0 Å². The number of hydrogen-bond donors (Lipinski definition) is 0. The number of rotatable bonds is 4. The molecule has 0 bridgehead atoms. The highest BCUT2D eigenvalue weighted by molar-refractivity contribution is 5.76. The van der Waals surface area contributed by atoms with Gasteiger partial charge < -0.3 is 9.32 Å². The van der Waals surface area contributed by atoms with Gasteiger partial charge in [0.05, 0.1) is 19.4 Å². The number of carbonyl (C=O) groups is 1. The third kappa shape index (κ3) is 3.37. The van der Waals surface area contributed by atoms with Crippen molar-refractivity contribution < 1.29 is 14.2 Å². The molecule has 0 unspecified atom stereocenters. The van der Waals surface area contributed by atoms with Crippen molar-refractivity contribution in [2.24, 2.45) is 0 Å². The number of hydrogen-bond acceptors (Lipinski definition) is 4. The highest BCUT2D eigenvalue weighted by Crippen LogP contribution is 2.34. The quantitative estimate of drug-likeness (QED) is 0.818. The van der Waals surface area contributed by atoms with Crippen molar-refractivity contribution in [3.63, 3.8) is 0 Å². The number of furan rings is 1. The molecule has 1 fully saturated rings. The molecule has 0 saturated carbocycles. The Labute approximate surface area is 165 Å². The fourth-order valence-corrected chi connectivity index (χ4v) is 4.40. The van der Waals surface area contributed by atoms with E-state index in [4.69, 9.17) is 4.42 Å². The summed E-state index contributed by atoms with van der Waals surface area (Å²) in [5.41, 5.74) is 4.15. The number of aromatic amines is 1. The van der Waals surface area contributed by atoms with Crippen LogP contribution in [0.15, 0.2) is 22.8 Å². The van der Waals surface area contributed by atoms with Crippen LogP contribution in [0.2, 0.25) is 0 Å². The van der Waals surface area contributed by atoms with Gasteiger partial charge in [0, 0.05) is 12.0 Å². The molecule has 0 aromatic carbocycles. The molecule has 0 radical (unpaired) electrons. The van der Waals surface area contributed by atoms with Gasteiger partial charge in [-0.1, -0.05) is 6.92 Å². The van der Waals surface area contributed by atoms with Crippen LogP contribution in [0.4, 0.5) is 5.82 Å². The molecule has 0 spiro atoms. The van der Waals surface area contributed by atoms with Gasteiger partial charge in [0.25, 0.3) is 5.82 Å². The summed E-state index contributed by atoms with van der Waals surface area (Å²) in [5.74, 6) is 1.92. The zero-order valence-electron chi connectivity index (χ0n) is 16.5. The first-order valence-corrected chi connectivity index (χ1v) is 10.3. The van der Waals surface area contributed by atoms with Crippen LogP contribution in [0.5, 0.6) is 0 Å². The maximum Gasteiger partial charge on any atom is 0.293 e. The van der Waals surface area contributed by atoms with Gasteiger partial charge in [-0.3, -0.25) is 9.69 Å². The molecule has 146 valence electrons. The lowest BCUT2D eigenvalue weighted by Gasteiger charge is -2.32. The first kappa shape index (κ1) is 18.5. The Morgan fingerprint density at radius 3 is 2.61 bits per heavy atom. The summed E-state index contributed by atoms with van der Waals surface area (Å²) in [6.45, 7) is 4.90.